The first-order chi connectivity index (χ1) is 9.15. The summed E-state index contributed by atoms with van der Waals surface area (Å²) >= 11 is 1.50. The van der Waals surface area contributed by atoms with E-state index in [9.17, 15) is 4.79 Å². The average Bonchev–Trinajstić information content (AvgIpc) is 2.87. The first-order valence-electron chi connectivity index (χ1n) is 6.67. The van der Waals surface area contributed by atoms with E-state index in [1.165, 1.54) is 11.3 Å². The van der Waals surface area contributed by atoms with Gasteiger partial charge in [0, 0.05) is 24.5 Å². The molecule has 5 heteroatoms. The number of thiophene rings is 1. The normalized spacial score (nSPS) is 17.5. The van der Waals surface area contributed by atoms with Gasteiger partial charge in [0.25, 0.3) is 5.56 Å². The number of anilines is 1. The first-order valence-corrected chi connectivity index (χ1v) is 7.55. The molecule has 2 aromatic rings. The van der Waals surface area contributed by atoms with Crippen LogP contribution in [0.3, 0.4) is 0 Å². The molecule has 0 unspecified atom stereocenters. The van der Waals surface area contributed by atoms with Crippen molar-refractivity contribution >= 4 is 27.2 Å². The van der Waals surface area contributed by atoms with Crippen molar-refractivity contribution in [1.29, 1.82) is 0 Å². The van der Waals surface area contributed by atoms with Crippen molar-refractivity contribution in [2.75, 3.05) is 32.1 Å². The highest BCUT2D eigenvalue weighted by Gasteiger charge is 2.21. The first kappa shape index (κ1) is 12.7. The summed E-state index contributed by atoms with van der Waals surface area (Å²) in [6, 6.07) is 4.78. The van der Waals surface area contributed by atoms with Gasteiger partial charge < -0.3 is 14.8 Å². The van der Waals surface area contributed by atoms with Gasteiger partial charge >= 0.3 is 0 Å². The van der Waals surface area contributed by atoms with Crippen LogP contribution in [-0.4, -0.2) is 43.1 Å². The van der Waals surface area contributed by atoms with Crippen molar-refractivity contribution in [3.8, 4) is 0 Å². The summed E-state index contributed by atoms with van der Waals surface area (Å²) in [6.45, 7) is 2.02. The van der Waals surface area contributed by atoms with Crippen molar-refractivity contribution in [2.45, 2.75) is 18.9 Å². The van der Waals surface area contributed by atoms with E-state index in [4.69, 9.17) is 0 Å². The molecule has 0 radical (unpaired) electrons. The maximum absolute atomic E-state index is 12.0. The zero-order chi connectivity index (χ0) is 13.4. The summed E-state index contributed by atoms with van der Waals surface area (Å²) < 4.78 is 0.826. The Morgan fingerprint density at radius 3 is 2.79 bits per heavy atom. The van der Waals surface area contributed by atoms with E-state index in [0.717, 1.165) is 41.8 Å². The highest BCUT2D eigenvalue weighted by molar-refractivity contribution is 7.17. The standard InChI is InChI=1S/C14H19N3OS/c1-16(2)11-3-6-17(7-4-11)12-9-10-5-8-19-13(10)14(18)15-12/h5,8-9,11H,3-4,6-7H2,1-2H3,(H,15,18). The van der Waals surface area contributed by atoms with Crippen LogP contribution < -0.4 is 10.5 Å². The Kier molecular flexibility index (Phi) is 3.33. The van der Waals surface area contributed by atoms with Gasteiger partial charge in [0.2, 0.25) is 0 Å². The molecule has 2 aromatic heterocycles. The number of H-pyrrole nitrogens is 1. The number of aromatic nitrogens is 1. The molecule has 0 amide bonds. The van der Waals surface area contributed by atoms with Crippen molar-refractivity contribution in [2.24, 2.45) is 0 Å². The van der Waals surface area contributed by atoms with Gasteiger partial charge in [-0.05, 0) is 44.4 Å². The second-order valence-electron chi connectivity index (χ2n) is 5.37. The van der Waals surface area contributed by atoms with Crippen molar-refractivity contribution < 1.29 is 0 Å². The summed E-state index contributed by atoms with van der Waals surface area (Å²) in [5.74, 6) is 0.966. The van der Waals surface area contributed by atoms with Crippen LogP contribution in [0.15, 0.2) is 22.3 Å². The van der Waals surface area contributed by atoms with Gasteiger partial charge in [-0.15, -0.1) is 11.3 Å². The number of nitrogens with one attached hydrogen (secondary N) is 1. The molecule has 1 saturated heterocycles. The van der Waals surface area contributed by atoms with Crippen LogP contribution >= 0.6 is 11.3 Å². The topological polar surface area (TPSA) is 39.3 Å². The van der Waals surface area contributed by atoms with Crippen LogP contribution in [-0.2, 0) is 0 Å². The van der Waals surface area contributed by atoms with E-state index in [2.05, 4.69) is 34.9 Å². The highest BCUT2D eigenvalue weighted by atomic mass is 32.1. The van der Waals surface area contributed by atoms with Crippen LogP contribution in [0.2, 0.25) is 0 Å². The number of hydrogen-bond acceptors (Lipinski definition) is 4. The summed E-state index contributed by atoms with van der Waals surface area (Å²) in [5, 5.41) is 3.03. The fraction of sp³-hybridized carbons (Fsp3) is 0.500. The maximum Gasteiger partial charge on any atom is 0.267 e. The van der Waals surface area contributed by atoms with Crippen LogP contribution in [0.25, 0.3) is 10.1 Å². The van der Waals surface area contributed by atoms with Gasteiger partial charge in [-0.2, -0.15) is 0 Å². The quantitative estimate of drug-likeness (QED) is 0.914. The van der Waals surface area contributed by atoms with E-state index in [1.807, 2.05) is 11.4 Å². The molecule has 0 bridgehead atoms. The predicted molar refractivity (Wildman–Crippen MR) is 81.4 cm³/mol. The minimum absolute atomic E-state index is 0.0391. The Bertz CT molecular complexity index is 623. The molecule has 1 N–H and O–H groups in total. The lowest BCUT2D eigenvalue weighted by Gasteiger charge is -2.36. The Morgan fingerprint density at radius 1 is 1.37 bits per heavy atom. The van der Waals surface area contributed by atoms with Crippen LogP contribution in [0.1, 0.15) is 12.8 Å². The monoisotopic (exact) mass is 277 g/mol. The van der Waals surface area contributed by atoms with Crippen LogP contribution in [0, 0.1) is 0 Å². The lowest BCUT2D eigenvalue weighted by molar-refractivity contribution is 0.249. The van der Waals surface area contributed by atoms with E-state index < -0.39 is 0 Å². The number of piperidine rings is 1. The second kappa shape index (κ2) is 4.98. The van der Waals surface area contributed by atoms with E-state index in [0.29, 0.717) is 6.04 Å². The fourth-order valence-corrected chi connectivity index (χ4v) is 3.54. The minimum Gasteiger partial charge on any atom is -0.358 e. The SMILES string of the molecule is CN(C)C1CCN(c2cc3ccsc3c(=O)[nH]2)CC1. The molecule has 3 rings (SSSR count). The van der Waals surface area contributed by atoms with Crippen LogP contribution in [0.5, 0.6) is 0 Å². The number of nitrogens with zero attached hydrogens (tertiary/aromatic N) is 2. The molecular weight excluding hydrogens is 258 g/mol. The third kappa shape index (κ3) is 2.40. The number of rotatable bonds is 2. The third-order valence-electron chi connectivity index (χ3n) is 3.97. The molecule has 1 aliphatic heterocycles. The zero-order valence-electron chi connectivity index (χ0n) is 11.3. The maximum atomic E-state index is 12.0. The molecule has 1 aliphatic rings. The summed E-state index contributed by atoms with van der Waals surface area (Å²) in [4.78, 5) is 19.6. The minimum atomic E-state index is 0.0391. The molecule has 1 fully saturated rings. The van der Waals surface area contributed by atoms with Gasteiger partial charge in [-0.3, -0.25) is 4.79 Å². The lowest BCUT2D eigenvalue weighted by atomic mass is 10.0. The molecule has 0 spiro atoms. The Labute approximate surface area is 116 Å². The fourth-order valence-electron chi connectivity index (χ4n) is 2.77. The van der Waals surface area contributed by atoms with Gasteiger partial charge in [0.15, 0.2) is 0 Å². The highest BCUT2D eigenvalue weighted by Crippen LogP contribution is 2.23. The van der Waals surface area contributed by atoms with Gasteiger partial charge in [-0.1, -0.05) is 0 Å². The predicted octanol–water partition coefficient (Wildman–Crippen LogP) is 2.12. The average molecular weight is 277 g/mol. The van der Waals surface area contributed by atoms with E-state index >= 15 is 0 Å². The number of aromatic amines is 1. The summed E-state index contributed by atoms with van der Waals surface area (Å²) in [7, 11) is 4.28. The Balaban J connectivity index is 1.83. The molecule has 0 atom stereocenters. The Morgan fingerprint density at radius 2 is 2.11 bits per heavy atom. The van der Waals surface area contributed by atoms with Crippen molar-refractivity contribution in [3.05, 3.63) is 27.9 Å². The van der Waals surface area contributed by atoms with Gasteiger partial charge in [-0.25, -0.2) is 0 Å². The Hall–Kier alpha value is -1.33. The molecule has 0 aromatic carbocycles. The largest absolute Gasteiger partial charge is 0.358 e. The van der Waals surface area contributed by atoms with E-state index in [-0.39, 0.29) is 5.56 Å². The lowest BCUT2D eigenvalue weighted by Crippen LogP contribution is -2.42. The molecule has 19 heavy (non-hydrogen) atoms. The number of pyridine rings is 1. The molecular formula is C14H19N3OS. The van der Waals surface area contributed by atoms with Crippen molar-refractivity contribution in [1.82, 2.24) is 9.88 Å². The molecule has 0 aliphatic carbocycles. The zero-order valence-corrected chi connectivity index (χ0v) is 12.2. The smallest absolute Gasteiger partial charge is 0.267 e. The molecule has 102 valence electrons. The number of hydrogen-bond donors (Lipinski definition) is 1. The van der Waals surface area contributed by atoms with Crippen molar-refractivity contribution in [3.63, 3.8) is 0 Å². The van der Waals surface area contributed by atoms with E-state index in [1.54, 1.807) is 0 Å². The summed E-state index contributed by atoms with van der Waals surface area (Å²) in [6.07, 6.45) is 2.30. The second-order valence-corrected chi connectivity index (χ2v) is 6.29. The van der Waals surface area contributed by atoms with Crippen LogP contribution in [0.4, 0.5) is 5.82 Å². The van der Waals surface area contributed by atoms with Gasteiger partial charge in [0.1, 0.15) is 5.82 Å². The molecule has 4 nitrogen and oxygen atoms in total. The molecule has 3 heterocycles. The molecule has 0 saturated carbocycles. The van der Waals surface area contributed by atoms with Gasteiger partial charge in [0.05, 0.1) is 4.70 Å². The third-order valence-corrected chi connectivity index (χ3v) is 4.90. The summed E-state index contributed by atoms with van der Waals surface area (Å²) in [5.41, 5.74) is 0.0391. The number of fused-ring (bicyclic) bond motifs is 1.